The first-order valence-corrected chi connectivity index (χ1v) is 18.8. The SMILES string of the molecule is CC(C)(C)[Si](C)(C)O[C@H]1C[C@@H]([C@@H](O)C/C=C\CCCC#N)O[C@H]1COC(c1ccccc1)(c1ccccc1)c1ccccc1. The van der Waals surface area contributed by atoms with Gasteiger partial charge in [-0.3, -0.25) is 0 Å². The second-order valence-corrected chi connectivity index (χ2v) is 18.0. The molecule has 1 aliphatic rings. The molecule has 4 rings (SSSR count). The molecule has 5 nitrogen and oxygen atoms in total. The van der Waals surface area contributed by atoms with E-state index in [9.17, 15) is 5.11 Å². The number of unbranched alkanes of at least 4 members (excludes halogenated alkanes) is 2. The zero-order valence-corrected chi connectivity index (χ0v) is 28.0. The van der Waals surface area contributed by atoms with Gasteiger partial charge in [0.05, 0.1) is 31.0 Å². The lowest BCUT2D eigenvalue weighted by Gasteiger charge is -2.40. The summed E-state index contributed by atoms with van der Waals surface area (Å²) in [5.74, 6) is 0. The maximum absolute atomic E-state index is 11.2. The summed E-state index contributed by atoms with van der Waals surface area (Å²) in [7, 11) is -2.14. The molecule has 3 aromatic rings. The number of aliphatic hydroxyl groups excluding tert-OH is 1. The topological polar surface area (TPSA) is 71.7 Å². The Labute approximate surface area is 265 Å². The summed E-state index contributed by atoms with van der Waals surface area (Å²) in [4.78, 5) is 0. The number of aliphatic hydroxyl groups is 1. The van der Waals surface area contributed by atoms with E-state index < -0.39 is 20.0 Å². The predicted molar refractivity (Wildman–Crippen MR) is 180 cm³/mol. The Hall–Kier alpha value is -3.05. The maximum atomic E-state index is 11.2. The van der Waals surface area contributed by atoms with Gasteiger partial charge in [0.15, 0.2) is 8.32 Å². The van der Waals surface area contributed by atoms with Crippen molar-refractivity contribution >= 4 is 8.32 Å². The van der Waals surface area contributed by atoms with E-state index in [4.69, 9.17) is 19.2 Å². The highest BCUT2D eigenvalue weighted by Crippen LogP contribution is 2.43. The molecule has 1 saturated heterocycles. The summed E-state index contributed by atoms with van der Waals surface area (Å²) in [5.41, 5.74) is 2.25. The number of benzene rings is 3. The molecule has 0 amide bonds. The van der Waals surface area contributed by atoms with Crippen LogP contribution in [0, 0.1) is 11.3 Å². The molecule has 0 aliphatic carbocycles. The molecule has 1 heterocycles. The van der Waals surface area contributed by atoms with E-state index in [0.717, 1.165) is 29.5 Å². The van der Waals surface area contributed by atoms with E-state index in [0.29, 0.717) is 25.9 Å². The van der Waals surface area contributed by atoms with Crippen molar-refractivity contribution in [2.75, 3.05) is 6.61 Å². The molecule has 1 N–H and O–H groups in total. The normalized spacial score (nSPS) is 20.1. The smallest absolute Gasteiger partial charge is 0.192 e. The zero-order chi connectivity index (χ0) is 31.6. The first-order valence-electron chi connectivity index (χ1n) is 15.9. The summed E-state index contributed by atoms with van der Waals surface area (Å²) < 4.78 is 20.8. The minimum Gasteiger partial charge on any atom is -0.411 e. The summed E-state index contributed by atoms with van der Waals surface area (Å²) >= 11 is 0. The highest BCUT2D eigenvalue weighted by atomic mass is 28.4. The molecule has 0 bridgehead atoms. The maximum Gasteiger partial charge on any atom is 0.192 e. The van der Waals surface area contributed by atoms with Crippen molar-refractivity contribution in [3.63, 3.8) is 0 Å². The molecule has 0 radical (unpaired) electrons. The Balaban J connectivity index is 1.64. The van der Waals surface area contributed by atoms with Crippen molar-refractivity contribution in [2.45, 2.75) is 101 Å². The van der Waals surface area contributed by atoms with Gasteiger partial charge in [0.1, 0.15) is 11.7 Å². The van der Waals surface area contributed by atoms with Gasteiger partial charge in [-0.05, 0) is 54.1 Å². The number of hydrogen-bond donors (Lipinski definition) is 1. The molecule has 234 valence electrons. The fourth-order valence-electron chi connectivity index (χ4n) is 5.60. The van der Waals surface area contributed by atoms with Crippen molar-refractivity contribution in [1.82, 2.24) is 0 Å². The number of allylic oxidation sites excluding steroid dienone is 1. The van der Waals surface area contributed by atoms with Crippen molar-refractivity contribution in [1.29, 1.82) is 5.26 Å². The summed E-state index contributed by atoms with van der Waals surface area (Å²) in [6.07, 6.45) is 5.81. The van der Waals surface area contributed by atoms with Crippen LogP contribution in [0.4, 0.5) is 0 Å². The van der Waals surface area contributed by atoms with E-state index in [1.54, 1.807) is 0 Å². The van der Waals surface area contributed by atoms with Crippen molar-refractivity contribution in [2.24, 2.45) is 0 Å². The average molecular weight is 612 g/mol. The lowest BCUT2D eigenvalue weighted by Crippen LogP contribution is -2.47. The molecule has 44 heavy (non-hydrogen) atoms. The van der Waals surface area contributed by atoms with Gasteiger partial charge in [0.2, 0.25) is 0 Å². The lowest BCUT2D eigenvalue weighted by atomic mass is 9.80. The van der Waals surface area contributed by atoms with Gasteiger partial charge in [-0.2, -0.15) is 5.26 Å². The molecule has 1 fully saturated rings. The van der Waals surface area contributed by atoms with E-state index in [-0.39, 0.29) is 23.4 Å². The van der Waals surface area contributed by atoms with Crippen LogP contribution in [0.15, 0.2) is 103 Å². The zero-order valence-electron chi connectivity index (χ0n) is 27.0. The Kier molecular flexibility index (Phi) is 11.8. The van der Waals surface area contributed by atoms with Crippen molar-refractivity contribution < 1.29 is 19.0 Å². The lowest BCUT2D eigenvalue weighted by molar-refractivity contribution is -0.0978. The third-order valence-electron chi connectivity index (χ3n) is 9.12. The Morgan fingerprint density at radius 2 is 1.43 bits per heavy atom. The van der Waals surface area contributed by atoms with E-state index in [1.165, 1.54) is 0 Å². The Morgan fingerprint density at radius 3 is 1.91 bits per heavy atom. The first kappa shape index (κ1) is 33.8. The number of hydrogen-bond acceptors (Lipinski definition) is 5. The molecular formula is C38H49NO4Si. The quantitative estimate of drug-likeness (QED) is 0.0856. The standard InChI is InChI=1S/C38H49NO4Si/c1-37(2,3)44(4,5)43-35-28-34(33(40)26-18-7-6-8-19-27-39)42-36(35)29-41-38(30-20-12-9-13-21-30,31-22-14-10-15-23-31)32-24-16-11-17-25-32/h7,9-18,20-25,33-36,40H,6,8,19,26,28-29H2,1-5H3/b18-7-/t33-,34-,35-,36-/m0/s1. The van der Waals surface area contributed by atoms with Crippen LogP contribution in [0.5, 0.6) is 0 Å². The van der Waals surface area contributed by atoms with Crippen LogP contribution in [-0.4, -0.2) is 44.4 Å². The fourth-order valence-corrected chi connectivity index (χ4v) is 6.96. The molecule has 4 atom stereocenters. The van der Waals surface area contributed by atoms with Crippen molar-refractivity contribution in [3.05, 3.63) is 120 Å². The van der Waals surface area contributed by atoms with Gasteiger partial charge < -0.3 is 19.0 Å². The van der Waals surface area contributed by atoms with Crippen LogP contribution >= 0.6 is 0 Å². The van der Waals surface area contributed by atoms with Crippen LogP contribution in [-0.2, 0) is 19.5 Å². The highest BCUT2D eigenvalue weighted by Gasteiger charge is 2.47. The van der Waals surface area contributed by atoms with Crippen LogP contribution in [0.25, 0.3) is 0 Å². The van der Waals surface area contributed by atoms with Crippen LogP contribution in [0.1, 0.15) is 69.6 Å². The van der Waals surface area contributed by atoms with Gasteiger partial charge in [0, 0.05) is 12.8 Å². The molecule has 0 unspecified atom stereocenters. The number of nitriles is 1. The summed E-state index contributed by atoms with van der Waals surface area (Å²) in [5, 5.41) is 20.0. The Morgan fingerprint density at radius 1 is 0.909 bits per heavy atom. The van der Waals surface area contributed by atoms with Gasteiger partial charge in [-0.1, -0.05) is 124 Å². The van der Waals surface area contributed by atoms with Gasteiger partial charge in [-0.15, -0.1) is 0 Å². The monoisotopic (exact) mass is 611 g/mol. The summed E-state index contributed by atoms with van der Waals surface area (Å²) in [6.45, 7) is 11.6. The van der Waals surface area contributed by atoms with Crippen LogP contribution < -0.4 is 0 Å². The van der Waals surface area contributed by atoms with E-state index in [1.807, 2.05) is 30.4 Å². The minimum atomic E-state index is -2.14. The summed E-state index contributed by atoms with van der Waals surface area (Å²) in [6, 6.07) is 33.3. The second-order valence-electron chi connectivity index (χ2n) is 13.3. The molecule has 0 spiro atoms. The highest BCUT2D eigenvalue weighted by molar-refractivity contribution is 6.74. The number of ether oxygens (including phenoxy) is 2. The number of rotatable bonds is 14. The average Bonchev–Trinajstić information content (AvgIpc) is 3.42. The van der Waals surface area contributed by atoms with Gasteiger partial charge in [0.25, 0.3) is 0 Å². The fraction of sp³-hybridized carbons (Fsp3) is 0.447. The largest absolute Gasteiger partial charge is 0.411 e. The van der Waals surface area contributed by atoms with E-state index >= 15 is 0 Å². The molecule has 0 aromatic heterocycles. The van der Waals surface area contributed by atoms with Crippen molar-refractivity contribution in [3.8, 4) is 6.07 Å². The molecule has 1 aliphatic heterocycles. The molecule has 0 saturated carbocycles. The third-order valence-corrected chi connectivity index (χ3v) is 13.6. The van der Waals surface area contributed by atoms with E-state index in [2.05, 4.69) is 113 Å². The molecule has 3 aromatic carbocycles. The van der Waals surface area contributed by atoms with Gasteiger partial charge >= 0.3 is 0 Å². The third kappa shape index (κ3) is 8.15. The molecule has 6 heteroatoms. The molecular weight excluding hydrogens is 563 g/mol. The minimum absolute atomic E-state index is 0.0309. The second kappa shape index (κ2) is 15.3. The predicted octanol–water partition coefficient (Wildman–Crippen LogP) is 8.54. The van der Waals surface area contributed by atoms with Crippen LogP contribution in [0.3, 0.4) is 0 Å². The number of nitrogens with zero attached hydrogens (tertiary/aromatic N) is 1. The Bertz CT molecular complexity index is 1250. The first-order chi connectivity index (χ1) is 21.1. The van der Waals surface area contributed by atoms with Gasteiger partial charge in [-0.25, -0.2) is 0 Å². The van der Waals surface area contributed by atoms with Crippen LogP contribution in [0.2, 0.25) is 18.1 Å².